The van der Waals surface area contributed by atoms with Crippen LogP contribution in [0.5, 0.6) is 5.75 Å². The van der Waals surface area contributed by atoms with Crippen LogP contribution < -0.4 is 10.2 Å². The number of benzene rings is 1. The molecule has 0 unspecified atom stereocenters. The number of rotatable bonds is 4. The third kappa shape index (κ3) is 3.76. The van der Waals surface area contributed by atoms with Crippen LogP contribution in [0, 0.1) is 0 Å². The van der Waals surface area contributed by atoms with Crippen LogP contribution in [0.15, 0.2) is 39.7 Å². The smallest absolute Gasteiger partial charge is 0.212 e. The SMILES string of the molecule is COc1ccc2c(=O)c(/C=C/C(=O)SC(C)C)coc2c1. The Bertz CT molecular complexity index is 744. The van der Waals surface area contributed by atoms with Gasteiger partial charge >= 0.3 is 0 Å². The third-order valence-electron chi connectivity index (χ3n) is 2.76. The van der Waals surface area contributed by atoms with Crippen molar-refractivity contribution in [2.24, 2.45) is 0 Å². The molecule has 2 aromatic rings. The maximum Gasteiger partial charge on any atom is 0.212 e. The van der Waals surface area contributed by atoms with Crippen molar-refractivity contribution in [3.63, 3.8) is 0 Å². The van der Waals surface area contributed by atoms with E-state index in [1.54, 1.807) is 25.3 Å². The van der Waals surface area contributed by atoms with Crippen molar-refractivity contribution in [2.45, 2.75) is 19.1 Å². The molecule has 0 N–H and O–H groups in total. The van der Waals surface area contributed by atoms with Crippen molar-refractivity contribution in [1.29, 1.82) is 0 Å². The van der Waals surface area contributed by atoms with Crippen molar-refractivity contribution < 1.29 is 13.9 Å². The highest BCUT2D eigenvalue weighted by Crippen LogP contribution is 2.19. The Balaban J connectivity index is 2.34. The number of hydrogen-bond donors (Lipinski definition) is 0. The minimum absolute atomic E-state index is 0.0840. The molecule has 0 bridgehead atoms. The molecular formula is C16H16O4S. The number of carbonyl (C=O) groups excluding carboxylic acids is 1. The fourth-order valence-electron chi connectivity index (χ4n) is 1.80. The first-order valence-corrected chi connectivity index (χ1v) is 7.37. The fourth-order valence-corrected chi connectivity index (χ4v) is 2.41. The molecule has 1 heterocycles. The zero-order chi connectivity index (χ0) is 15.4. The van der Waals surface area contributed by atoms with Crippen LogP contribution in [0.1, 0.15) is 19.4 Å². The largest absolute Gasteiger partial charge is 0.497 e. The molecule has 0 atom stereocenters. The van der Waals surface area contributed by atoms with Gasteiger partial charge in [-0.25, -0.2) is 0 Å². The molecule has 0 saturated heterocycles. The van der Waals surface area contributed by atoms with E-state index in [1.165, 1.54) is 30.2 Å². The predicted molar refractivity (Wildman–Crippen MR) is 85.8 cm³/mol. The van der Waals surface area contributed by atoms with Crippen LogP contribution in [0.2, 0.25) is 0 Å². The number of ether oxygens (including phenoxy) is 1. The van der Waals surface area contributed by atoms with E-state index in [4.69, 9.17) is 9.15 Å². The second-order valence-electron chi connectivity index (χ2n) is 4.70. The van der Waals surface area contributed by atoms with Gasteiger partial charge < -0.3 is 9.15 Å². The van der Waals surface area contributed by atoms with Gasteiger partial charge in [0.1, 0.15) is 17.6 Å². The van der Waals surface area contributed by atoms with Gasteiger partial charge in [0.25, 0.3) is 0 Å². The topological polar surface area (TPSA) is 56.5 Å². The Hall–Kier alpha value is -2.01. The van der Waals surface area contributed by atoms with Gasteiger partial charge in [-0.1, -0.05) is 25.6 Å². The molecule has 0 aliphatic rings. The summed E-state index contributed by atoms with van der Waals surface area (Å²) in [4.78, 5) is 23.9. The second kappa shape index (κ2) is 6.63. The summed E-state index contributed by atoms with van der Waals surface area (Å²) in [7, 11) is 1.55. The van der Waals surface area contributed by atoms with Gasteiger partial charge in [0, 0.05) is 11.3 Å². The second-order valence-corrected chi connectivity index (χ2v) is 6.28. The van der Waals surface area contributed by atoms with Crippen LogP contribution in [0.3, 0.4) is 0 Å². The van der Waals surface area contributed by atoms with Gasteiger partial charge in [0.2, 0.25) is 5.12 Å². The first-order chi connectivity index (χ1) is 10.0. The standard InChI is InChI=1S/C16H16O4S/c1-10(2)21-15(17)7-4-11-9-20-14-8-12(19-3)5-6-13(14)16(11)18/h4-10H,1-3H3/b7-4+. The zero-order valence-electron chi connectivity index (χ0n) is 12.1. The monoisotopic (exact) mass is 304 g/mol. The lowest BCUT2D eigenvalue weighted by molar-refractivity contribution is -0.107. The molecule has 0 amide bonds. The normalized spacial score (nSPS) is 11.4. The van der Waals surface area contributed by atoms with Gasteiger partial charge in [0.15, 0.2) is 5.43 Å². The van der Waals surface area contributed by atoms with E-state index in [-0.39, 0.29) is 15.8 Å². The van der Waals surface area contributed by atoms with Crippen LogP contribution >= 0.6 is 11.8 Å². The van der Waals surface area contributed by atoms with E-state index < -0.39 is 0 Å². The molecule has 21 heavy (non-hydrogen) atoms. The summed E-state index contributed by atoms with van der Waals surface area (Å²) >= 11 is 1.21. The Morgan fingerprint density at radius 3 is 2.81 bits per heavy atom. The van der Waals surface area contributed by atoms with Crippen molar-refractivity contribution in [3.8, 4) is 5.75 Å². The molecule has 0 spiro atoms. The molecule has 0 fully saturated rings. The molecule has 110 valence electrons. The predicted octanol–water partition coefficient (Wildman–Crippen LogP) is 3.48. The van der Waals surface area contributed by atoms with Crippen molar-refractivity contribution in [2.75, 3.05) is 7.11 Å². The van der Waals surface area contributed by atoms with Gasteiger partial charge in [0.05, 0.1) is 18.1 Å². The molecule has 5 heteroatoms. The lowest BCUT2D eigenvalue weighted by Gasteiger charge is -2.02. The first-order valence-electron chi connectivity index (χ1n) is 6.49. The van der Waals surface area contributed by atoms with E-state index >= 15 is 0 Å². The summed E-state index contributed by atoms with van der Waals surface area (Å²) in [5.41, 5.74) is 0.641. The van der Waals surface area contributed by atoms with Crippen LogP contribution in [-0.4, -0.2) is 17.5 Å². The summed E-state index contributed by atoms with van der Waals surface area (Å²) in [6, 6.07) is 5.01. The molecule has 0 saturated carbocycles. The molecule has 1 aromatic heterocycles. The number of carbonyl (C=O) groups is 1. The molecule has 1 aromatic carbocycles. The average molecular weight is 304 g/mol. The summed E-state index contributed by atoms with van der Waals surface area (Å²) < 4.78 is 10.5. The van der Waals surface area contributed by atoms with Gasteiger partial charge in [-0.2, -0.15) is 0 Å². The number of methoxy groups -OCH3 is 1. The summed E-state index contributed by atoms with van der Waals surface area (Å²) in [6.07, 6.45) is 4.24. The van der Waals surface area contributed by atoms with Gasteiger partial charge in [-0.05, 0) is 24.3 Å². The quantitative estimate of drug-likeness (QED) is 0.809. The van der Waals surface area contributed by atoms with Crippen LogP contribution in [0.25, 0.3) is 17.0 Å². The van der Waals surface area contributed by atoms with Crippen LogP contribution in [-0.2, 0) is 4.79 Å². The highest BCUT2D eigenvalue weighted by Gasteiger charge is 2.07. The minimum Gasteiger partial charge on any atom is -0.497 e. The summed E-state index contributed by atoms with van der Waals surface area (Å²) in [6.45, 7) is 3.88. The molecule has 4 nitrogen and oxygen atoms in total. The Morgan fingerprint density at radius 1 is 1.38 bits per heavy atom. The number of hydrogen-bond acceptors (Lipinski definition) is 5. The Morgan fingerprint density at radius 2 is 2.14 bits per heavy atom. The van der Waals surface area contributed by atoms with Crippen LogP contribution in [0.4, 0.5) is 0 Å². The highest BCUT2D eigenvalue weighted by atomic mass is 32.2. The lowest BCUT2D eigenvalue weighted by Crippen LogP contribution is -2.05. The Labute approximate surface area is 126 Å². The van der Waals surface area contributed by atoms with E-state index in [9.17, 15) is 9.59 Å². The van der Waals surface area contributed by atoms with E-state index in [0.29, 0.717) is 22.3 Å². The number of thioether (sulfide) groups is 1. The van der Waals surface area contributed by atoms with E-state index in [1.807, 2.05) is 13.8 Å². The maximum absolute atomic E-state index is 12.3. The maximum atomic E-state index is 12.3. The van der Waals surface area contributed by atoms with Gasteiger partial charge in [-0.15, -0.1) is 0 Å². The molecular weight excluding hydrogens is 288 g/mol. The molecule has 0 aliphatic heterocycles. The molecule has 0 aliphatic carbocycles. The molecule has 0 radical (unpaired) electrons. The van der Waals surface area contributed by atoms with Crippen molar-refractivity contribution >= 4 is 33.9 Å². The highest BCUT2D eigenvalue weighted by molar-refractivity contribution is 8.14. The minimum atomic E-state index is -0.169. The summed E-state index contributed by atoms with van der Waals surface area (Å²) in [5, 5.41) is 0.587. The first kappa shape index (κ1) is 15.4. The summed E-state index contributed by atoms with van der Waals surface area (Å²) in [5.74, 6) is 0.623. The van der Waals surface area contributed by atoms with Crippen molar-refractivity contribution in [1.82, 2.24) is 0 Å². The van der Waals surface area contributed by atoms with E-state index in [2.05, 4.69) is 0 Å². The number of fused-ring (bicyclic) bond motifs is 1. The molecule has 2 rings (SSSR count). The van der Waals surface area contributed by atoms with Gasteiger partial charge in [-0.3, -0.25) is 9.59 Å². The van der Waals surface area contributed by atoms with E-state index in [0.717, 1.165) is 0 Å². The Kier molecular flexibility index (Phi) is 4.85. The fraction of sp³-hybridized carbons (Fsp3) is 0.250. The lowest BCUT2D eigenvalue weighted by atomic mass is 10.1. The third-order valence-corrected chi connectivity index (χ3v) is 3.60. The average Bonchev–Trinajstić information content (AvgIpc) is 2.45. The van der Waals surface area contributed by atoms with Crippen molar-refractivity contribution in [3.05, 3.63) is 46.3 Å². The zero-order valence-corrected chi connectivity index (χ0v) is 12.9.